The number of nitrogens with one attached hydrogen (secondary N) is 1. The second-order valence-corrected chi connectivity index (χ2v) is 6.22. The van der Waals surface area contributed by atoms with Crippen molar-refractivity contribution in [1.29, 1.82) is 0 Å². The number of fused-ring (bicyclic) bond motifs is 1. The first kappa shape index (κ1) is 14.5. The zero-order chi connectivity index (χ0) is 16.5. The van der Waals surface area contributed by atoms with Crippen molar-refractivity contribution in [3.05, 3.63) is 60.3 Å². The maximum Gasteiger partial charge on any atom is 0.257 e. The van der Waals surface area contributed by atoms with Crippen LogP contribution in [-0.2, 0) is 0 Å². The Hall–Kier alpha value is -3.13. The Kier molecular flexibility index (Phi) is 3.51. The summed E-state index contributed by atoms with van der Waals surface area (Å²) in [5, 5.41) is 7.41. The Morgan fingerprint density at radius 1 is 1.25 bits per heavy atom. The van der Waals surface area contributed by atoms with Gasteiger partial charge in [-0.05, 0) is 36.8 Å². The maximum atomic E-state index is 12.5. The molecule has 4 aromatic rings. The molecule has 0 bridgehead atoms. The van der Waals surface area contributed by atoms with Crippen molar-refractivity contribution in [3.8, 4) is 5.82 Å². The van der Waals surface area contributed by atoms with E-state index in [-0.39, 0.29) is 5.91 Å². The van der Waals surface area contributed by atoms with E-state index < -0.39 is 0 Å². The lowest BCUT2D eigenvalue weighted by Crippen LogP contribution is -2.12. The summed E-state index contributed by atoms with van der Waals surface area (Å²) in [6.45, 7) is 2.03. The Bertz CT molecular complexity index is 1020. The molecule has 0 aliphatic rings. The van der Waals surface area contributed by atoms with Gasteiger partial charge in [-0.2, -0.15) is 5.10 Å². The molecule has 0 spiro atoms. The highest BCUT2D eigenvalue weighted by molar-refractivity contribution is 7.22. The van der Waals surface area contributed by atoms with Crippen LogP contribution in [0.3, 0.4) is 0 Å². The lowest BCUT2D eigenvalue weighted by molar-refractivity contribution is 0.102. The standard InChI is InChI=1S/C16H12N6OS/c1-10-2-3-12-13(6-10)24-16(20-12)21-15(23)11-4-5-18-14(7-11)22-9-17-8-19-22/h2-9H,1H3,(H,20,21,23). The van der Waals surface area contributed by atoms with Crippen molar-refractivity contribution in [1.82, 2.24) is 24.7 Å². The highest BCUT2D eigenvalue weighted by Gasteiger charge is 2.11. The molecule has 0 radical (unpaired) electrons. The monoisotopic (exact) mass is 336 g/mol. The number of benzene rings is 1. The van der Waals surface area contributed by atoms with Gasteiger partial charge in [0.2, 0.25) is 0 Å². The lowest BCUT2D eigenvalue weighted by Gasteiger charge is -2.04. The van der Waals surface area contributed by atoms with E-state index in [4.69, 9.17) is 0 Å². The third-order valence-electron chi connectivity index (χ3n) is 3.43. The highest BCUT2D eigenvalue weighted by Crippen LogP contribution is 2.27. The first-order valence-electron chi connectivity index (χ1n) is 7.19. The largest absolute Gasteiger partial charge is 0.298 e. The van der Waals surface area contributed by atoms with Crippen molar-refractivity contribution >= 4 is 32.6 Å². The number of anilines is 1. The molecule has 1 N–H and O–H groups in total. The maximum absolute atomic E-state index is 12.5. The molecule has 0 atom stereocenters. The molecule has 0 fully saturated rings. The minimum atomic E-state index is -0.241. The van der Waals surface area contributed by atoms with Gasteiger partial charge < -0.3 is 0 Å². The van der Waals surface area contributed by atoms with E-state index in [1.54, 1.807) is 18.3 Å². The fourth-order valence-electron chi connectivity index (χ4n) is 2.27. The smallest absolute Gasteiger partial charge is 0.257 e. The van der Waals surface area contributed by atoms with Gasteiger partial charge in [-0.15, -0.1) is 0 Å². The van der Waals surface area contributed by atoms with Crippen LogP contribution in [0.4, 0.5) is 5.13 Å². The molecule has 4 rings (SSSR count). The van der Waals surface area contributed by atoms with Gasteiger partial charge in [0, 0.05) is 11.8 Å². The molecule has 118 valence electrons. The van der Waals surface area contributed by atoms with Crippen LogP contribution in [0.15, 0.2) is 49.2 Å². The summed E-state index contributed by atoms with van der Waals surface area (Å²) in [6.07, 6.45) is 4.51. The van der Waals surface area contributed by atoms with E-state index in [2.05, 4.69) is 31.4 Å². The van der Waals surface area contributed by atoms with Crippen LogP contribution in [0.25, 0.3) is 16.0 Å². The van der Waals surface area contributed by atoms with E-state index in [0.717, 1.165) is 15.8 Å². The second-order valence-electron chi connectivity index (χ2n) is 5.19. The Balaban J connectivity index is 1.60. The number of aryl methyl sites for hydroxylation is 1. The van der Waals surface area contributed by atoms with Gasteiger partial charge in [0.15, 0.2) is 10.9 Å². The minimum Gasteiger partial charge on any atom is -0.298 e. The third kappa shape index (κ3) is 2.74. The summed E-state index contributed by atoms with van der Waals surface area (Å²) in [5.74, 6) is 0.287. The fourth-order valence-corrected chi connectivity index (χ4v) is 3.23. The number of carbonyl (C=O) groups is 1. The SMILES string of the molecule is Cc1ccc2nc(NC(=O)c3ccnc(-n4cncn4)c3)sc2c1. The van der Waals surface area contributed by atoms with Crippen molar-refractivity contribution in [3.63, 3.8) is 0 Å². The van der Waals surface area contributed by atoms with Gasteiger partial charge in [0.05, 0.1) is 10.2 Å². The molecule has 3 aromatic heterocycles. The van der Waals surface area contributed by atoms with Gasteiger partial charge in [0.25, 0.3) is 5.91 Å². The first-order valence-corrected chi connectivity index (χ1v) is 8.00. The van der Waals surface area contributed by atoms with E-state index in [1.165, 1.54) is 28.7 Å². The van der Waals surface area contributed by atoms with Crippen LogP contribution in [0.1, 0.15) is 15.9 Å². The molecular formula is C16H12N6OS. The van der Waals surface area contributed by atoms with Crippen LogP contribution in [0.5, 0.6) is 0 Å². The zero-order valence-electron chi connectivity index (χ0n) is 12.7. The number of pyridine rings is 1. The normalized spacial score (nSPS) is 10.9. The number of rotatable bonds is 3. The summed E-state index contributed by atoms with van der Waals surface area (Å²) in [4.78, 5) is 25.0. The topological polar surface area (TPSA) is 85.6 Å². The Morgan fingerprint density at radius 2 is 2.17 bits per heavy atom. The van der Waals surface area contributed by atoms with Crippen LogP contribution < -0.4 is 5.32 Å². The van der Waals surface area contributed by atoms with Gasteiger partial charge >= 0.3 is 0 Å². The van der Waals surface area contributed by atoms with Crippen LogP contribution >= 0.6 is 11.3 Å². The molecule has 1 amide bonds. The second kappa shape index (κ2) is 5.82. The van der Waals surface area contributed by atoms with Gasteiger partial charge in [-0.25, -0.2) is 19.6 Å². The number of thiazole rings is 1. The van der Waals surface area contributed by atoms with Crippen molar-refractivity contribution in [2.45, 2.75) is 6.92 Å². The van der Waals surface area contributed by atoms with Crippen molar-refractivity contribution < 1.29 is 4.79 Å². The van der Waals surface area contributed by atoms with Gasteiger partial charge in [-0.1, -0.05) is 17.4 Å². The van der Waals surface area contributed by atoms with E-state index in [1.807, 2.05) is 19.1 Å². The van der Waals surface area contributed by atoms with Crippen LogP contribution in [0.2, 0.25) is 0 Å². The molecule has 1 aromatic carbocycles. The molecule has 7 nitrogen and oxygen atoms in total. The summed E-state index contributed by atoms with van der Waals surface area (Å²) in [5.41, 5.74) is 2.51. The van der Waals surface area contributed by atoms with Crippen LogP contribution in [-0.4, -0.2) is 30.6 Å². The number of amides is 1. The number of hydrogen-bond donors (Lipinski definition) is 1. The molecule has 0 unspecified atom stereocenters. The predicted molar refractivity (Wildman–Crippen MR) is 91.5 cm³/mol. The minimum absolute atomic E-state index is 0.241. The van der Waals surface area contributed by atoms with E-state index in [9.17, 15) is 4.79 Å². The number of carbonyl (C=O) groups excluding carboxylic acids is 1. The van der Waals surface area contributed by atoms with E-state index in [0.29, 0.717) is 16.5 Å². The highest BCUT2D eigenvalue weighted by atomic mass is 32.1. The third-order valence-corrected chi connectivity index (χ3v) is 4.36. The fraction of sp³-hybridized carbons (Fsp3) is 0.0625. The molecule has 0 saturated heterocycles. The average molecular weight is 336 g/mol. The number of aromatic nitrogens is 5. The lowest BCUT2D eigenvalue weighted by atomic mass is 10.2. The summed E-state index contributed by atoms with van der Waals surface area (Å²) < 4.78 is 2.54. The quantitative estimate of drug-likeness (QED) is 0.622. The summed E-state index contributed by atoms with van der Waals surface area (Å²) in [6, 6.07) is 9.31. The molecule has 3 heterocycles. The molecule has 8 heteroatoms. The first-order chi connectivity index (χ1) is 11.7. The predicted octanol–water partition coefficient (Wildman–Crippen LogP) is 2.83. The van der Waals surface area contributed by atoms with Gasteiger partial charge in [-0.3, -0.25) is 10.1 Å². The van der Waals surface area contributed by atoms with Crippen molar-refractivity contribution in [2.75, 3.05) is 5.32 Å². The average Bonchev–Trinajstić information content (AvgIpc) is 3.23. The van der Waals surface area contributed by atoms with Gasteiger partial charge in [0.1, 0.15) is 12.7 Å². The molecular weight excluding hydrogens is 324 g/mol. The van der Waals surface area contributed by atoms with Crippen LogP contribution in [0, 0.1) is 6.92 Å². The number of hydrogen-bond acceptors (Lipinski definition) is 6. The molecule has 24 heavy (non-hydrogen) atoms. The van der Waals surface area contributed by atoms with Crippen molar-refractivity contribution in [2.24, 2.45) is 0 Å². The summed E-state index contributed by atoms with van der Waals surface area (Å²) >= 11 is 1.45. The molecule has 0 aliphatic carbocycles. The van der Waals surface area contributed by atoms with E-state index >= 15 is 0 Å². The molecule has 0 aliphatic heterocycles. The Morgan fingerprint density at radius 3 is 3.00 bits per heavy atom. The Labute approximate surface area is 141 Å². The molecule has 0 saturated carbocycles. The summed E-state index contributed by atoms with van der Waals surface area (Å²) in [7, 11) is 0. The number of nitrogens with zero attached hydrogens (tertiary/aromatic N) is 5. The zero-order valence-corrected chi connectivity index (χ0v) is 13.5.